The lowest BCUT2D eigenvalue weighted by molar-refractivity contribution is 0.0689. The Labute approximate surface area is 184 Å². The van der Waals surface area contributed by atoms with Crippen LogP contribution in [-0.2, 0) is 0 Å². The number of aryl methyl sites for hydroxylation is 1. The highest BCUT2D eigenvalue weighted by Gasteiger charge is 2.27. The first-order chi connectivity index (χ1) is 15.4. The van der Waals surface area contributed by atoms with Gasteiger partial charge in [0.15, 0.2) is 5.69 Å². The van der Waals surface area contributed by atoms with E-state index in [2.05, 4.69) is 10.4 Å². The minimum absolute atomic E-state index is 0.108. The van der Waals surface area contributed by atoms with Crippen molar-refractivity contribution in [2.24, 2.45) is 0 Å². The molecule has 0 aliphatic carbocycles. The van der Waals surface area contributed by atoms with Gasteiger partial charge in [-0.3, -0.25) is 14.4 Å². The molecule has 0 saturated carbocycles. The molecule has 7 nitrogen and oxygen atoms in total. The minimum Gasteiger partial charge on any atom is -0.349 e. The molecule has 1 aromatic heterocycles. The van der Waals surface area contributed by atoms with Gasteiger partial charge in [-0.25, -0.2) is 9.07 Å². The number of para-hydroxylation sites is 1. The van der Waals surface area contributed by atoms with Gasteiger partial charge in [0.05, 0.1) is 5.69 Å². The fraction of sp³-hybridized carbons (Fsp3) is 0.250. The van der Waals surface area contributed by atoms with Gasteiger partial charge in [0.2, 0.25) is 5.43 Å². The molecule has 3 aromatic rings. The number of benzene rings is 2. The van der Waals surface area contributed by atoms with E-state index in [1.165, 1.54) is 30.3 Å². The van der Waals surface area contributed by atoms with Gasteiger partial charge in [0.1, 0.15) is 5.82 Å². The third kappa shape index (κ3) is 4.59. The van der Waals surface area contributed by atoms with Crippen molar-refractivity contribution in [2.75, 3.05) is 13.1 Å². The Balaban J connectivity index is 1.43. The first kappa shape index (κ1) is 21.4. The van der Waals surface area contributed by atoms with E-state index in [4.69, 9.17) is 0 Å². The molecule has 1 fully saturated rings. The average Bonchev–Trinajstić information content (AvgIpc) is 2.80. The maximum Gasteiger partial charge on any atom is 0.278 e. The third-order valence-corrected chi connectivity index (χ3v) is 5.53. The Hall–Kier alpha value is -3.81. The predicted molar refractivity (Wildman–Crippen MR) is 117 cm³/mol. The van der Waals surface area contributed by atoms with Gasteiger partial charge in [-0.15, -0.1) is 0 Å². The van der Waals surface area contributed by atoms with Crippen LogP contribution in [0.25, 0.3) is 5.69 Å². The van der Waals surface area contributed by atoms with Crippen molar-refractivity contribution < 1.29 is 14.0 Å². The Kier molecular flexibility index (Phi) is 6.11. The highest BCUT2D eigenvalue weighted by atomic mass is 19.1. The van der Waals surface area contributed by atoms with Gasteiger partial charge in [-0.1, -0.05) is 18.2 Å². The number of piperidine rings is 1. The molecule has 4 rings (SSSR count). The van der Waals surface area contributed by atoms with E-state index in [1.54, 1.807) is 16.5 Å². The normalized spacial score (nSPS) is 14.2. The van der Waals surface area contributed by atoms with E-state index >= 15 is 0 Å². The van der Waals surface area contributed by atoms with Crippen LogP contribution >= 0.6 is 0 Å². The van der Waals surface area contributed by atoms with Crippen molar-refractivity contribution in [3.05, 3.63) is 93.7 Å². The summed E-state index contributed by atoms with van der Waals surface area (Å²) in [5.74, 6) is -1.09. The smallest absolute Gasteiger partial charge is 0.278 e. The van der Waals surface area contributed by atoms with Gasteiger partial charge in [0.25, 0.3) is 11.8 Å². The molecular weight excluding hydrogens is 411 g/mol. The second-order valence-corrected chi connectivity index (χ2v) is 7.79. The Morgan fingerprint density at radius 3 is 2.34 bits per heavy atom. The van der Waals surface area contributed by atoms with Crippen LogP contribution in [0.5, 0.6) is 0 Å². The van der Waals surface area contributed by atoms with Gasteiger partial charge in [-0.05, 0) is 56.2 Å². The first-order valence-corrected chi connectivity index (χ1v) is 10.4. The molecule has 0 bridgehead atoms. The van der Waals surface area contributed by atoms with Crippen molar-refractivity contribution in [3.8, 4) is 5.69 Å². The van der Waals surface area contributed by atoms with Crippen LogP contribution in [0.15, 0.2) is 65.5 Å². The average molecular weight is 434 g/mol. The fourth-order valence-corrected chi connectivity index (χ4v) is 3.77. The van der Waals surface area contributed by atoms with Crippen LogP contribution in [0, 0.1) is 12.7 Å². The Bertz CT molecular complexity index is 1180. The second-order valence-electron chi connectivity index (χ2n) is 7.79. The molecule has 1 saturated heterocycles. The molecule has 0 unspecified atom stereocenters. The van der Waals surface area contributed by atoms with E-state index in [0.717, 1.165) is 5.69 Å². The van der Waals surface area contributed by atoms with E-state index in [9.17, 15) is 18.8 Å². The summed E-state index contributed by atoms with van der Waals surface area (Å²) in [7, 11) is 0. The van der Waals surface area contributed by atoms with Gasteiger partial charge >= 0.3 is 0 Å². The number of carbonyl (C=O) groups is 2. The summed E-state index contributed by atoms with van der Waals surface area (Å²) in [6.07, 6.45) is 1.11. The van der Waals surface area contributed by atoms with Crippen LogP contribution in [0.3, 0.4) is 0 Å². The molecule has 1 aliphatic rings. The molecule has 164 valence electrons. The van der Waals surface area contributed by atoms with Crippen LogP contribution < -0.4 is 10.7 Å². The summed E-state index contributed by atoms with van der Waals surface area (Å²) in [4.78, 5) is 39.5. The fourth-order valence-electron chi connectivity index (χ4n) is 3.77. The van der Waals surface area contributed by atoms with Crippen LogP contribution in [-0.4, -0.2) is 45.6 Å². The monoisotopic (exact) mass is 434 g/mol. The standard InChI is InChI=1S/C24H23FN4O3/c1-16-15-21(30)22(27-29(16)20-5-3-2-4-6-20)24(32)28-13-11-19(12-14-28)26-23(31)17-7-9-18(25)10-8-17/h2-10,15,19H,11-14H2,1H3,(H,26,31). The number of hydrogen-bond acceptors (Lipinski definition) is 4. The molecule has 2 aromatic carbocycles. The van der Waals surface area contributed by atoms with E-state index in [-0.39, 0.29) is 17.6 Å². The molecule has 0 spiro atoms. The van der Waals surface area contributed by atoms with Crippen molar-refractivity contribution in [1.82, 2.24) is 20.0 Å². The summed E-state index contributed by atoms with van der Waals surface area (Å²) in [5.41, 5.74) is 1.26. The second kappa shape index (κ2) is 9.13. The summed E-state index contributed by atoms with van der Waals surface area (Å²) in [6, 6.07) is 16.0. The van der Waals surface area contributed by atoms with Crippen LogP contribution in [0.2, 0.25) is 0 Å². The maximum absolute atomic E-state index is 13.0. The number of rotatable bonds is 4. The van der Waals surface area contributed by atoms with Crippen LogP contribution in [0.4, 0.5) is 4.39 Å². The largest absolute Gasteiger partial charge is 0.349 e. The first-order valence-electron chi connectivity index (χ1n) is 10.4. The topological polar surface area (TPSA) is 84.3 Å². The molecule has 32 heavy (non-hydrogen) atoms. The van der Waals surface area contributed by atoms with Crippen molar-refractivity contribution >= 4 is 11.8 Å². The van der Waals surface area contributed by atoms with Crippen LogP contribution in [0.1, 0.15) is 39.4 Å². The number of likely N-dealkylation sites (tertiary alicyclic amines) is 1. The molecule has 2 amide bonds. The van der Waals surface area contributed by atoms with Crippen molar-refractivity contribution in [3.63, 3.8) is 0 Å². The van der Waals surface area contributed by atoms with Gasteiger partial charge < -0.3 is 10.2 Å². The number of amides is 2. The van der Waals surface area contributed by atoms with Crippen molar-refractivity contribution in [1.29, 1.82) is 0 Å². The zero-order chi connectivity index (χ0) is 22.7. The molecule has 8 heteroatoms. The zero-order valence-corrected chi connectivity index (χ0v) is 17.6. The number of nitrogens with zero attached hydrogens (tertiary/aromatic N) is 3. The van der Waals surface area contributed by atoms with E-state index < -0.39 is 17.2 Å². The lowest BCUT2D eigenvalue weighted by Crippen LogP contribution is -2.47. The number of nitrogens with one attached hydrogen (secondary N) is 1. The molecule has 1 N–H and O–H groups in total. The lowest BCUT2D eigenvalue weighted by Gasteiger charge is -2.32. The van der Waals surface area contributed by atoms with E-state index in [1.807, 2.05) is 30.3 Å². The van der Waals surface area contributed by atoms with Gasteiger partial charge in [-0.2, -0.15) is 5.10 Å². The number of halogens is 1. The highest BCUT2D eigenvalue weighted by molar-refractivity contribution is 5.94. The molecule has 2 heterocycles. The molecule has 0 radical (unpaired) electrons. The Morgan fingerprint density at radius 1 is 1.03 bits per heavy atom. The maximum atomic E-state index is 13.0. The molecule has 0 atom stereocenters. The molecule has 1 aliphatic heterocycles. The number of hydrogen-bond donors (Lipinski definition) is 1. The minimum atomic E-state index is -0.414. The number of carbonyl (C=O) groups excluding carboxylic acids is 2. The highest BCUT2D eigenvalue weighted by Crippen LogP contribution is 2.14. The zero-order valence-electron chi connectivity index (χ0n) is 17.6. The van der Waals surface area contributed by atoms with Gasteiger partial charge in [0, 0.05) is 36.5 Å². The van der Waals surface area contributed by atoms with E-state index in [0.29, 0.717) is 37.2 Å². The SMILES string of the molecule is Cc1cc(=O)c(C(=O)N2CCC(NC(=O)c3ccc(F)cc3)CC2)nn1-c1ccccc1. The predicted octanol–water partition coefficient (Wildman–Crippen LogP) is 2.71. The Morgan fingerprint density at radius 2 is 1.69 bits per heavy atom. The summed E-state index contributed by atoms with van der Waals surface area (Å²) < 4.78 is 14.6. The lowest BCUT2D eigenvalue weighted by atomic mass is 10.0. The number of aromatic nitrogens is 2. The third-order valence-electron chi connectivity index (χ3n) is 5.53. The van der Waals surface area contributed by atoms with Crippen molar-refractivity contribution in [2.45, 2.75) is 25.8 Å². The quantitative estimate of drug-likeness (QED) is 0.684. The molecular formula is C24H23FN4O3. The summed E-state index contributed by atoms with van der Waals surface area (Å²) >= 11 is 0. The summed E-state index contributed by atoms with van der Waals surface area (Å²) in [5, 5.41) is 7.27. The summed E-state index contributed by atoms with van der Waals surface area (Å²) in [6.45, 7) is 2.56.